The molecule has 3 aliphatic heterocycles. The van der Waals surface area contributed by atoms with E-state index in [9.17, 15) is 13.2 Å². The van der Waals surface area contributed by atoms with Crippen LogP contribution in [-0.2, 0) is 21.2 Å². The van der Waals surface area contributed by atoms with Gasteiger partial charge in [-0.05, 0) is 79.3 Å². The quantitative estimate of drug-likeness (QED) is 0.360. The highest BCUT2D eigenvalue weighted by Crippen LogP contribution is 2.44. The van der Waals surface area contributed by atoms with E-state index in [1.807, 2.05) is 49.4 Å². The normalized spacial score (nSPS) is 17.6. The SMILES string of the molecule is COc1cc2c3cc1OCC(=O)NCCCOc1cccc(c1)C2N(S(=O)(=O)c1cc(-c2cc(C)no2)ccc1C)CC3. The van der Waals surface area contributed by atoms with Crippen LogP contribution in [0.25, 0.3) is 11.3 Å². The summed E-state index contributed by atoms with van der Waals surface area (Å²) >= 11 is 0. The van der Waals surface area contributed by atoms with Gasteiger partial charge in [-0.2, -0.15) is 4.31 Å². The Morgan fingerprint density at radius 2 is 1.91 bits per heavy atom. The molecule has 6 bridgehead atoms. The highest BCUT2D eigenvalue weighted by molar-refractivity contribution is 7.89. The molecule has 0 radical (unpaired) electrons. The van der Waals surface area contributed by atoms with Crippen molar-refractivity contribution in [3.05, 3.63) is 88.6 Å². The minimum atomic E-state index is -4.02. The van der Waals surface area contributed by atoms with E-state index in [2.05, 4.69) is 10.5 Å². The predicted octanol–water partition coefficient (Wildman–Crippen LogP) is 4.58. The van der Waals surface area contributed by atoms with Crippen LogP contribution >= 0.6 is 0 Å². The summed E-state index contributed by atoms with van der Waals surface area (Å²) in [5.41, 5.74) is 4.40. The number of benzene rings is 3. The molecule has 0 saturated heterocycles. The Labute approximate surface area is 250 Å². The lowest BCUT2D eigenvalue weighted by Gasteiger charge is -2.37. The summed E-state index contributed by atoms with van der Waals surface area (Å²) in [6.07, 6.45) is 1.04. The first-order valence-electron chi connectivity index (χ1n) is 14.1. The molecule has 3 aromatic carbocycles. The van der Waals surface area contributed by atoms with Crippen LogP contribution in [0.1, 0.15) is 40.4 Å². The van der Waals surface area contributed by atoms with Gasteiger partial charge in [0.1, 0.15) is 5.75 Å². The van der Waals surface area contributed by atoms with E-state index in [1.54, 1.807) is 29.4 Å². The first-order chi connectivity index (χ1) is 20.7. The Balaban J connectivity index is 1.50. The number of nitrogens with one attached hydrogen (secondary N) is 1. The molecule has 1 aromatic heterocycles. The van der Waals surface area contributed by atoms with E-state index < -0.39 is 16.1 Å². The molecule has 3 aliphatic rings. The maximum Gasteiger partial charge on any atom is 0.257 e. The van der Waals surface area contributed by atoms with Gasteiger partial charge < -0.3 is 24.1 Å². The van der Waals surface area contributed by atoms with Gasteiger partial charge >= 0.3 is 0 Å². The second kappa shape index (κ2) is 11.7. The number of fused-ring (bicyclic) bond motifs is 8. The summed E-state index contributed by atoms with van der Waals surface area (Å²) in [5, 5.41) is 6.80. The number of sulfonamides is 1. The van der Waals surface area contributed by atoms with Crippen molar-refractivity contribution in [3.8, 4) is 28.6 Å². The smallest absolute Gasteiger partial charge is 0.257 e. The monoisotopic (exact) mass is 603 g/mol. The van der Waals surface area contributed by atoms with Crippen molar-refractivity contribution in [3.63, 3.8) is 0 Å². The summed E-state index contributed by atoms with van der Waals surface area (Å²) in [6.45, 7) is 4.48. The van der Waals surface area contributed by atoms with Gasteiger partial charge in [0, 0.05) is 24.7 Å². The lowest BCUT2D eigenvalue weighted by molar-refractivity contribution is -0.123. The Bertz CT molecular complexity index is 1780. The van der Waals surface area contributed by atoms with E-state index in [4.69, 9.17) is 18.7 Å². The van der Waals surface area contributed by atoms with Crippen molar-refractivity contribution in [2.75, 3.05) is 33.4 Å². The van der Waals surface area contributed by atoms with Crippen LogP contribution in [0.2, 0.25) is 0 Å². The summed E-state index contributed by atoms with van der Waals surface area (Å²) in [6, 6.07) is 17.5. The van der Waals surface area contributed by atoms with Crippen LogP contribution in [0.5, 0.6) is 17.2 Å². The van der Waals surface area contributed by atoms with Crippen LogP contribution in [0.4, 0.5) is 0 Å². The lowest BCUT2D eigenvalue weighted by Crippen LogP contribution is -2.41. The number of carbonyl (C=O) groups excluding carboxylic acids is 1. The number of hydrogen-bond donors (Lipinski definition) is 1. The van der Waals surface area contributed by atoms with Crippen molar-refractivity contribution in [2.45, 2.75) is 37.6 Å². The van der Waals surface area contributed by atoms with Crippen LogP contribution in [0.15, 0.2) is 70.1 Å². The zero-order valence-electron chi connectivity index (χ0n) is 24.3. The van der Waals surface area contributed by atoms with E-state index in [-0.39, 0.29) is 24.0 Å². The zero-order valence-corrected chi connectivity index (χ0v) is 25.1. The topological polar surface area (TPSA) is 120 Å². The largest absolute Gasteiger partial charge is 0.494 e. The average Bonchev–Trinajstić information content (AvgIpc) is 3.44. The molecule has 1 amide bonds. The fraction of sp³-hybridized carbons (Fsp3) is 0.312. The molecule has 4 heterocycles. The molecule has 1 atom stereocenters. The number of aromatic nitrogens is 1. The fourth-order valence-electron chi connectivity index (χ4n) is 5.60. The molecule has 10 nitrogen and oxygen atoms in total. The number of methoxy groups -OCH3 is 1. The van der Waals surface area contributed by atoms with Crippen LogP contribution < -0.4 is 19.5 Å². The van der Waals surface area contributed by atoms with Gasteiger partial charge in [-0.1, -0.05) is 29.4 Å². The number of nitrogens with zero attached hydrogens (tertiary/aromatic N) is 2. The van der Waals surface area contributed by atoms with Crippen molar-refractivity contribution in [1.29, 1.82) is 0 Å². The molecule has 7 rings (SSSR count). The predicted molar refractivity (Wildman–Crippen MR) is 159 cm³/mol. The average molecular weight is 604 g/mol. The van der Waals surface area contributed by atoms with Gasteiger partial charge in [0.15, 0.2) is 23.9 Å². The van der Waals surface area contributed by atoms with E-state index >= 15 is 0 Å². The second-order valence-corrected chi connectivity index (χ2v) is 12.6. The van der Waals surface area contributed by atoms with Gasteiger partial charge in [0.25, 0.3) is 5.91 Å². The molecule has 4 aromatic rings. The Morgan fingerprint density at radius 1 is 1.05 bits per heavy atom. The number of rotatable bonds is 4. The van der Waals surface area contributed by atoms with E-state index in [0.29, 0.717) is 65.8 Å². The molecule has 43 heavy (non-hydrogen) atoms. The minimum Gasteiger partial charge on any atom is -0.494 e. The zero-order chi connectivity index (χ0) is 30.1. The van der Waals surface area contributed by atoms with Gasteiger partial charge in [-0.3, -0.25) is 4.79 Å². The molecule has 0 aliphatic carbocycles. The molecule has 1 unspecified atom stereocenters. The van der Waals surface area contributed by atoms with E-state index in [1.165, 1.54) is 7.11 Å². The second-order valence-electron chi connectivity index (χ2n) is 10.7. The molecule has 1 N–H and O–H groups in total. The van der Waals surface area contributed by atoms with Crippen LogP contribution in [0, 0.1) is 13.8 Å². The highest BCUT2D eigenvalue weighted by atomic mass is 32.2. The van der Waals surface area contributed by atoms with Crippen molar-refractivity contribution in [1.82, 2.24) is 14.8 Å². The van der Waals surface area contributed by atoms with Gasteiger partial charge in [-0.15, -0.1) is 0 Å². The Hall–Kier alpha value is -4.35. The molecule has 11 heteroatoms. The number of ether oxygens (including phenoxy) is 3. The molecule has 0 fully saturated rings. The third-order valence-electron chi connectivity index (χ3n) is 7.74. The van der Waals surface area contributed by atoms with Gasteiger partial charge in [0.2, 0.25) is 10.0 Å². The van der Waals surface area contributed by atoms with Gasteiger partial charge in [-0.25, -0.2) is 8.42 Å². The number of amides is 1. The highest BCUT2D eigenvalue weighted by Gasteiger charge is 2.39. The van der Waals surface area contributed by atoms with Crippen LogP contribution in [-0.4, -0.2) is 57.2 Å². The first kappa shape index (κ1) is 28.8. The maximum atomic E-state index is 14.6. The number of carbonyl (C=O) groups is 1. The minimum absolute atomic E-state index is 0.167. The lowest BCUT2D eigenvalue weighted by atomic mass is 9.89. The number of hydrogen-bond acceptors (Lipinski definition) is 8. The first-order valence-corrected chi connectivity index (χ1v) is 15.6. The van der Waals surface area contributed by atoms with E-state index in [0.717, 1.165) is 16.7 Å². The third kappa shape index (κ3) is 5.70. The van der Waals surface area contributed by atoms with Crippen molar-refractivity contribution in [2.24, 2.45) is 0 Å². The summed E-state index contributed by atoms with van der Waals surface area (Å²) < 4.78 is 53.7. The van der Waals surface area contributed by atoms with Crippen molar-refractivity contribution < 1.29 is 31.9 Å². The maximum absolute atomic E-state index is 14.6. The van der Waals surface area contributed by atoms with Gasteiger partial charge in [0.05, 0.1) is 30.3 Å². The molecular formula is C32H33N3O7S. The standard InChI is InChI=1S/C32H33N3O7S/c1-20-8-9-23(27-14-21(2)34-42-27)17-30(20)43(37,38)35-12-10-22-16-29-28(39-3)18-26(22)32(35)24-6-4-7-25(15-24)40-13-5-11-33-31(36)19-41-29/h4,6-9,14-18,32H,5,10-13,19H2,1-3H3,(H,33,36). The summed E-state index contributed by atoms with van der Waals surface area (Å²) in [5.74, 6) is 1.71. The molecule has 224 valence electrons. The number of aryl methyl sites for hydroxylation is 2. The summed E-state index contributed by atoms with van der Waals surface area (Å²) in [4.78, 5) is 12.6. The molecule has 0 saturated carbocycles. The fourth-order valence-corrected chi connectivity index (χ4v) is 7.44. The molecular weight excluding hydrogens is 570 g/mol. The Kier molecular flexibility index (Phi) is 7.85. The third-order valence-corrected chi connectivity index (χ3v) is 9.75. The van der Waals surface area contributed by atoms with Crippen molar-refractivity contribution >= 4 is 15.9 Å². The summed E-state index contributed by atoms with van der Waals surface area (Å²) in [7, 11) is -2.50. The molecule has 0 spiro atoms. The Morgan fingerprint density at radius 3 is 2.70 bits per heavy atom. The van der Waals surface area contributed by atoms with Crippen LogP contribution in [0.3, 0.4) is 0 Å².